The molecule has 9 heteroatoms. The SMILES string of the molecule is O=C(CCNN1C(=O)C=CC1=O)ON1C(=O)CCC1=O. The highest BCUT2D eigenvalue weighted by Gasteiger charge is 2.32. The van der Waals surface area contributed by atoms with Gasteiger partial charge in [0.2, 0.25) is 0 Å². The summed E-state index contributed by atoms with van der Waals surface area (Å²) in [6.07, 6.45) is 2.01. The van der Waals surface area contributed by atoms with Gasteiger partial charge in [-0.15, -0.1) is 5.06 Å². The summed E-state index contributed by atoms with van der Waals surface area (Å²) in [4.78, 5) is 60.7. The van der Waals surface area contributed by atoms with Gasteiger partial charge < -0.3 is 4.84 Å². The quantitative estimate of drug-likeness (QED) is 0.604. The molecule has 0 bridgehead atoms. The third kappa shape index (κ3) is 2.88. The summed E-state index contributed by atoms with van der Waals surface area (Å²) < 4.78 is 0. The van der Waals surface area contributed by atoms with Gasteiger partial charge in [0.25, 0.3) is 23.6 Å². The first-order valence-electron chi connectivity index (χ1n) is 5.85. The number of hydrogen-bond donors (Lipinski definition) is 1. The van der Waals surface area contributed by atoms with Crippen molar-refractivity contribution >= 4 is 29.6 Å². The van der Waals surface area contributed by atoms with Crippen molar-refractivity contribution in [3.8, 4) is 0 Å². The molecule has 0 atom stereocenters. The van der Waals surface area contributed by atoms with Crippen molar-refractivity contribution in [2.75, 3.05) is 6.54 Å². The highest BCUT2D eigenvalue weighted by atomic mass is 16.7. The lowest BCUT2D eigenvalue weighted by Gasteiger charge is -2.15. The zero-order valence-electron chi connectivity index (χ0n) is 10.3. The molecular formula is C11H11N3O6. The third-order valence-electron chi connectivity index (χ3n) is 2.61. The molecule has 4 amide bonds. The topological polar surface area (TPSA) is 113 Å². The van der Waals surface area contributed by atoms with Crippen molar-refractivity contribution in [2.45, 2.75) is 19.3 Å². The Morgan fingerprint density at radius 3 is 2.20 bits per heavy atom. The van der Waals surface area contributed by atoms with E-state index < -0.39 is 29.6 Å². The van der Waals surface area contributed by atoms with E-state index in [1.54, 1.807) is 0 Å². The number of amides is 4. The fourth-order valence-corrected chi connectivity index (χ4v) is 1.63. The van der Waals surface area contributed by atoms with Crippen molar-refractivity contribution in [1.82, 2.24) is 15.5 Å². The van der Waals surface area contributed by atoms with Crippen LogP contribution in [-0.4, -0.2) is 46.2 Å². The second kappa shape index (κ2) is 5.61. The van der Waals surface area contributed by atoms with Crippen molar-refractivity contribution in [1.29, 1.82) is 0 Å². The molecule has 0 aliphatic carbocycles. The second-order valence-corrected chi connectivity index (χ2v) is 4.05. The number of hydrogen-bond acceptors (Lipinski definition) is 7. The van der Waals surface area contributed by atoms with E-state index in [0.29, 0.717) is 5.06 Å². The maximum Gasteiger partial charge on any atom is 0.334 e. The van der Waals surface area contributed by atoms with Crippen LogP contribution in [0.3, 0.4) is 0 Å². The number of hydrazine groups is 1. The fourth-order valence-electron chi connectivity index (χ4n) is 1.63. The highest BCUT2D eigenvalue weighted by Crippen LogP contribution is 2.12. The Bertz CT molecular complexity index is 492. The van der Waals surface area contributed by atoms with Crippen LogP contribution in [-0.2, 0) is 28.8 Å². The molecule has 20 heavy (non-hydrogen) atoms. The largest absolute Gasteiger partial charge is 0.334 e. The monoisotopic (exact) mass is 281 g/mol. The molecule has 2 aliphatic rings. The summed E-state index contributed by atoms with van der Waals surface area (Å²) >= 11 is 0. The number of rotatable bonds is 5. The van der Waals surface area contributed by atoms with Crippen molar-refractivity contribution < 1.29 is 28.8 Å². The van der Waals surface area contributed by atoms with Crippen LogP contribution in [0, 0.1) is 0 Å². The Hall–Kier alpha value is -2.55. The van der Waals surface area contributed by atoms with Gasteiger partial charge >= 0.3 is 5.97 Å². The summed E-state index contributed by atoms with van der Waals surface area (Å²) in [5.41, 5.74) is 2.44. The van der Waals surface area contributed by atoms with E-state index in [1.165, 1.54) is 0 Å². The molecule has 0 aromatic heterocycles. The summed E-state index contributed by atoms with van der Waals surface area (Å²) in [7, 11) is 0. The predicted molar refractivity (Wildman–Crippen MR) is 60.8 cm³/mol. The van der Waals surface area contributed by atoms with Crippen LogP contribution in [0.1, 0.15) is 19.3 Å². The van der Waals surface area contributed by atoms with E-state index in [0.717, 1.165) is 17.2 Å². The molecule has 106 valence electrons. The molecule has 0 spiro atoms. The molecule has 2 aliphatic heterocycles. The van der Waals surface area contributed by atoms with Crippen LogP contribution >= 0.6 is 0 Å². The van der Waals surface area contributed by atoms with E-state index in [9.17, 15) is 24.0 Å². The van der Waals surface area contributed by atoms with Gasteiger partial charge in [-0.25, -0.2) is 15.2 Å². The van der Waals surface area contributed by atoms with Gasteiger partial charge in [-0.1, -0.05) is 0 Å². The zero-order valence-corrected chi connectivity index (χ0v) is 10.3. The highest BCUT2D eigenvalue weighted by molar-refractivity contribution is 6.12. The lowest BCUT2D eigenvalue weighted by molar-refractivity contribution is -0.197. The van der Waals surface area contributed by atoms with E-state index >= 15 is 0 Å². The van der Waals surface area contributed by atoms with Crippen LogP contribution in [0.2, 0.25) is 0 Å². The molecule has 1 N–H and O–H groups in total. The Morgan fingerprint density at radius 1 is 1.10 bits per heavy atom. The van der Waals surface area contributed by atoms with Gasteiger partial charge in [0.1, 0.15) is 0 Å². The Morgan fingerprint density at radius 2 is 1.65 bits per heavy atom. The van der Waals surface area contributed by atoms with Crippen molar-refractivity contribution in [3.63, 3.8) is 0 Å². The standard InChI is InChI=1S/C11H11N3O6/c15-7-1-2-8(16)13(7)12-6-5-11(19)20-14-9(17)3-4-10(14)18/h1-2,12H,3-6H2. The van der Waals surface area contributed by atoms with Gasteiger partial charge in [-0.05, 0) is 0 Å². The van der Waals surface area contributed by atoms with Gasteiger partial charge in [0.15, 0.2) is 0 Å². The average Bonchev–Trinajstić information content (AvgIpc) is 2.88. The summed E-state index contributed by atoms with van der Waals surface area (Å²) in [6, 6.07) is 0. The van der Waals surface area contributed by atoms with Gasteiger partial charge in [-0.2, -0.15) is 0 Å². The summed E-state index contributed by atoms with van der Waals surface area (Å²) in [5.74, 6) is -3.01. The lowest BCUT2D eigenvalue weighted by atomic mass is 10.4. The van der Waals surface area contributed by atoms with E-state index in [-0.39, 0.29) is 25.8 Å². The maximum absolute atomic E-state index is 11.4. The normalized spacial score (nSPS) is 18.4. The number of carbonyl (C=O) groups excluding carboxylic acids is 5. The fraction of sp³-hybridized carbons (Fsp3) is 0.364. The molecule has 0 radical (unpaired) electrons. The number of imide groups is 2. The van der Waals surface area contributed by atoms with Gasteiger partial charge in [-0.3, -0.25) is 19.2 Å². The Kier molecular flexibility index (Phi) is 3.89. The van der Waals surface area contributed by atoms with Gasteiger partial charge in [0.05, 0.1) is 6.42 Å². The molecule has 1 saturated heterocycles. The number of nitrogens with zero attached hydrogens (tertiary/aromatic N) is 2. The number of carbonyl (C=O) groups is 5. The minimum absolute atomic E-state index is 0.0206. The van der Waals surface area contributed by atoms with E-state index in [4.69, 9.17) is 0 Å². The Labute approximate surface area is 113 Å². The van der Waals surface area contributed by atoms with E-state index in [1.807, 2.05) is 0 Å². The zero-order chi connectivity index (χ0) is 14.7. The minimum Gasteiger partial charge on any atom is -0.330 e. The maximum atomic E-state index is 11.4. The average molecular weight is 281 g/mol. The first-order chi connectivity index (χ1) is 9.49. The molecular weight excluding hydrogens is 270 g/mol. The van der Waals surface area contributed by atoms with Crippen LogP contribution < -0.4 is 5.43 Å². The van der Waals surface area contributed by atoms with Crippen LogP contribution in [0.15, 0.2) is 12.2 Å². The molecule has 9 nitrogen and oxygen atoms in total. The lowest BCUT2D eigenvalue weighted by Crippen LogP contribution is -2.43. The first kappa shape index (κ1) is 13.9. The van der Waals surface area contributed by atoms with Crippen LogP contribution in [0.25, 0.3) is 0 Å². The number of hydroxylamine groups is 2. The minimum atomic E-state index is -0.812. The second-order valence-electron chi connectivity index (χ2n) is 4.05. The predicted octanol–water partition coefficient (Wildman–Crippen LogP) is -1.59. The molecule has 1 fully saturated rings. The number of nitrogens with one attached hydrogen (secondary N) is 1. The molecule has 2 heterocycles. The summed E-state index contributed by atoms with van der Waals surface area (Å²) in [6.45, 7) is -0.0474. The van der Waals surface area contributed by atoms with Crippen molar-refractivity contribution in [3.05, 3.63) is 12.2 Å². The van der Waals surface area contributed by atoms with Crippen LogP contribution in [0.5, 0.6) is 0 Å². The van der Waals surface area contributed by atoms with Crippen molar-refractivity contribution in [2.24, 2.45) is 0 Å². The van der Waals surface area contributed by atoms with Crippen LogP contribution in [0.4, 0.5) is 0 Å². The first-order valence-corrected chi connectivity index (χ1v) is 5.85. The van der Waals surface area contributed by atoms with E-state index in [2.05, 4.69) is 10.3 Å². The molecule has 0 aromatic carbocycles. The molecule has 0 saturated carbocycles. The summed E-state index contributed by atoms with van der Waals surface area (Å²) in [5, 5.41) is 1.19. The van der Waals surface area contributed by atoms with Gasteiger partial charge in [0, 0.05) is 31.5 Å². The molecule has 0 unspecified atom stereocenters. The molecule has 2 rings (SSSR count). The third-order valence-corrected chi connectivity index (χ3v) is 2.61. The smallest absolute Gasteiger partial charge is 0.330 e. The molecule has 0 aromatic rings. The Balaban J connectivity index is 1.73.